The minimum Gasteiger partial charge on any atom is -0.327 e. The highest BCUT2D eigenvalue weighted by Crippen LogP contribution is 2.29. The van der Waals surface area contributed by atoms with Crippen LogP contribution >= 0.6 is 0 Å². The number of halogens is 3. The molecule has 1 rings (SSSR count). The number of benzene rings is 1. The second-order valence-electron chi connectivity index (χ2n) is 5.37. The Balaban J connectivity index is 2.40. The molecule has 0 fully saturated rings. The summed E-state index contributed by atoms with van der Waals surface area (Å²) in [7, 11) is 0. The summed E-state index contributed by atoms with van der Waals surface area (Å²) in [6.07, 6.45) is 2.98. The molecule has 1 nitrogen and oxygen atoms in total. The monoisotopic (exact) mass is 287 g/mol. The van der Waals surface area contributed by atoms with Crippen molar-refractivity contribution in [1.29, 1.82) is 0 Å². The lowest BCUT2D eigenvalue weighted by molar-refractivity contribution is -0.137. The molecule has 0 radical (unpaired) electrons. The Hall–Kier alpha value is -1.03. The number of hydrogen-bond acceptors (Lipinski definition) is 1. The van der Waals surface area contributed by atoms with E-state index in [4.69, 9.17) is 5.73 Å². The molecule has 2 N–H and O–H groups in total. The molecule has 114 valence electrons. The van der Waals surface area contributed by atoms with E-state index in [-0.39, 0.29) is 6.04 Å². The average Bonchev–Trinajstić information content (AvgIpc) is 2.38. The SMILES string of the molecule is CCCCCCCC(N)Cc1cccc(C(F)(F)F)c1. The van der Waals surface area contributed by atoms with Crippen LogP contribution in [0.3, 0.4) is 0 Å². The van der Waals surface area contributed by atoms with Gasteiger partial charge >= 0.3 is 6.18 Å². The summed E-state index contributed by atoms with van der Waals surface area (Å²) >= 11 is 0. The van der Waals surface area contributed by atoms with E-state index in [0.717, 1.165) is 25.3 Å². The molecular formula is C16H24F3N. The van der Waals surface area contributed by atoms with Gasteiger partial charge in [0, 0.05) is 6.04 Å². The van der Waals surface area contributed by atoms with E-state index < -0.39 is 11.7 Å². The van der Waals surface area contributed by atoms with E-state index in [1.807, 2.05) is 0 Å². The Morgan fingerprint density at radius 3 is 2.45 bits per heavy atom. The van der Waals surface area contributed by atoms with Crippen LogP contribution in [-0.4, -0.2) is 6.04 Å². The molecular weight excluding hydrogens is 263 g/mol. The topological polar surface area (TPSA) is 26.0 Å². The van der Waals surface area contributed by atoms with Gasteiger partial charge in [-0.2, -0.15) is 13.2 Å². The fourth-order valence-electron chi connectivity index (χ4n) is 2.29. The van der Waals surface area contributed by atoms with E-state index in [1.54, 1.807) is 6.07 Å². The zero-order valence-electron chi connectivity index (χ0n) is 12.0. The van der Waals surface area contributed by atoms with Gasteiger partial charge in [0.05, 0.1) is 5.56 Å². The number of hydrogen-bond donors (Lipinski definition) is 1. The summed E-state index contributed by atoms with van der Waals surface area (Å²) in [5, 5.41) is 0. The molecule has 20 heavy (non-hydrogen) atoms. The first-order valence-corrected chi connectivity index (χ1v) is 7.35. The summed E-state index contributed by atoms with van der Waals surface area (Å²) in [6, 6.07) is 5.41. The minimum absolute atomic E-state index is 0.0555. The van der Waals surface area contributed by atoms with E-state index in [2.05, 4.69) is 6.92 Å². The predicted octanol–water partition coefficient (Wildman–Crippen LogP) is 4.94. The van der Waals surface area contributed by atoms with Crippen LogP contribution < -0.4 is 5.73 Å². The lowest BCUT2D eigenvalue weighted by Gasteiger charge is -2.13. The van der Waals surface area contributed by atoms with Gasteiger partial charge in [-0.25, -0.2) is 0 Å². The van der Waals surface area contributed by atoms with E-state index >= 15 is 0 Å². The van der Waals surface area contributed by atoms with Crippen molar-refractivity contribution in [3.63, 3.8) is 0 Å². The molecule has 1 aromatic rings. The van der Waals surface area contributed by atoms with Crippen molar-refractivity contribution in [1.82, 2.24) is 0 Å². The zero-order valence-corrected chi connectivity index (χ0v) is 12.0. The highest BCUT2D eigenvalue weighted by atomic mass is 19.4. The smallest absolute Gasteiger partial charge is 0.327 e. The Kier molecular flexibility index (Phi) is 7.06. The van der Waals surface area contributed by atoms with Crippen molar-refractivity contribution in [3.05, 3.63) is 35.4 Å². The van der Waals surface area contributed by atoms with Gasteiger partial charge in [0.2, 0.25) is 0 Å². The molecule has 1 atom stereocenters. The Bertz CT molecular complexity index is 388. The quantitative estimate of drug-likeness (QED) is 0.674. The van der Waals surface area contributed by atoms with Crippen LogP contribution in [0.1, 0.15) is 56.6 Å². The molecule has 0 heterocycles. The summed E-state index contributed by atoms with van der Waals surface area (Å²) < 4.78 is 37.8. The molecule has 1 unspecified atom stereocenters. The Labute approximate surface area is 119 Å². The molecule has 0 aliphatic carbocycles. The molecule has 0 spiro atoms. The third kappa shape index (κ3) is 6.42. The van der Waals surface area contributed by atoms with Crippen LogP contribution in [0.2, 0.25) is 0 Å². The molecule has 0 aliphatic heterocycles. The van der Waals surface area contributed by atoms with Crippen molar-refractivity contribution in [2.45, 2.75) is 64.1 Å². The van der Waals surface area contributed by atoms with Crippen LogP contribution in [0.5, 0.6) is 0 Å². The van der Waals surface area contributed by atoms with Crippen LogP contribution in [0.15, 0.2) is 24.3 Å². The van der Waals surface area contributed by atoms with E-state index in [1.165, 1.54) is 31.4 Å². The number of rotatable bonds is 8. The molecule has 0 aromatic heterocycles. The maximum atomic E-state index is 12.6. The van der Waals surface area contributed by atoms with Gasteiger partial charge in [0.15, 0.2) is 0 Å². The van der Waals surface area contributed by atoms with Crippen molar-refractivity contribution >= 4 is 0 Å². The van der Waals surface area contributed by atoms with Crippen LogP contribution in [-0.2, 0) is 12.6 Å². The molecule has 4 heteroatoms. The van der Waals surface area contributed by atoms with Crippen LogP contribution in [0, 0.1) is 0 Å². The number of nitrogens with two attached hydrogens (primary N) is 1. The molecule has 0 amide bonds. The summed E-state index contributed by atoms with van der Waals surface area (Å²) in [5.41, 5.74) is 6.07. The summed E-state index contributed by atoms with van der Waals surface area (Å²) in [5.74, 6) is 0. The first kappa shape index (κ1) is 17.0. The van der Waals surface area contributed by atoms with Crippen molar-refractivity contribution in [2.24, 2.45) is 5.73 Å². The fraction of sp³-hybridized carbons (Fsp3) is 0.625. The van der Waals surface area contributed by atoms with Gasteiger partial charge in [-0.3, -0.25) is 0 Å². The molecule has 0 bridgehead atoms. The second kappa shape index (κ2) is 8.30. The lowest BCUT2D eigenvalue weighted by Crippen LogP contribution is -2.22. The normalized spacial score (nSPS) is 13.4. The molecule has 0 saturated carbocycles. The van der Waals surface area contributed by atoms with Crippen molar-refractivity contribution < 1.29 is 13.2 Å². The van der Waals surface area contributed by atoms with Crippen LogP contribution in [0.25, 0.3) is 0 Å². The highest BCUT2D eigenvalue weighted by Gasteiger charge is 2.30. The maximum Gasteiger partial charge on any atom is 0.416 e. The number of alkyl halides is 3. The fourth-order valence-corrected chi connectivity index (χ4v) is 2.29. The highest BCUT2D eigenvalue weighted by molar-refractivity contribution is 5.26. The van der Waals surface area contributed by atoms with E-state index in [9.17, 15) is 13.2 Å². The van der Waals surface area contributed by atoms with Gasteiger partial charge in [-0.1, -0.05) is 57.2 Å². The largest absolute Gasteiger partial charge is 0.416 e. The van der Waals surface area contributed by atoms with Gasteiger partial charge in [-0.05, 0) is 24.5 Å². The van der Waals surface area contributed by atoms with Gasteiger partial charge in [0.1, 0.15) is 0 Å². The van der Waals surface area contributed by atoms with Crippen molar-refractivity contribution in [2.75, 3.05) is 0 Å². The zero-order chi connectivity index (χ0) is 15.0. The van der Waals surface area contributed by atoms with E-state index in [0.29, 0.717) is 12.0 Å². The maximum absolute atomic E-state index is 12.6. The standard InChI is InChI=1S/C16H24F3N/c1-2-3-4-5-6-10-15(20)12-13-8-7-9-14(11-13)16(17,18)19/h7-9,11,15H,2-6,10,12,20H2,1H3. The molecule has 0 aliphatic rings. The molecule has 0 saturated heterocycles. The van der Waals surface area contributed by atoms with Gasteiger partial charge in [-0.15, -0.1) is 0 Å². The Morgan fingerprint density at radius 2 is 1.80 bits per heavy atom. The van der Waals surface area contributed by atoms with Crippen molar-refractivity contribution in [3.8, 4) is 0 Å². The van der Waals surface area contributed by atoms with Gasteiger partial charge in [0.25, 0.3) is 0 Å². The predicted molar refractivity (Wildman–Crippen MR) is 76.5 cm³/mol. The minimum atomic E-state index is -4.28. The van der Waals surface area contributed by atoms with Gasteiger partial charge < -0.3 is 5.73 Å². The first-order valence-electron chi connectivity index (χ1n) is 7.35. The lowest BCUT2D eigenvalue weighted by atomic mass is 9.99. The average molecular weight is 287 g/mol. The summed E-state index contributed by atoms with van der Waals surface area (Å²) in [4.78, 5) is 0. The third-order valence-corrected chi connectivity index (χ3v) is 3.43. The van der Waals surface area contributed by atoms with Crippen LogP contribution in [0.4, 0.5) is 13.2 Å². The second-order valence-corrected chi connectivity index (χ2v) is 5.37. The Morgan fingerprint density at radius 1 is 1.10 bits per heavy atom. The number of unbranched alkanes of at least 4 members (excludes halogenated alkanes) is 4. The third-order valence-electron chi connectivity index (χ3n) is 3.43. The molecule has 1 aromatic carbocycles. The first-order chi connectivity index (χ1) is 9.43. The summed E-state index contributed by atoms with van der Waals surface area (Å²) in [6.45, 7) is 2.17.